The van der Waals surface area contributed by atoms with Gasteiger partial charge in [0.25, 0.3) is 0 Å². The molecule has 1 heteroatoms. The van der Waals surface area contributed by atoms with Crippen molar-refractivity contribution in [2.75, 3.05) is 0 Å². The second kappa shape index (κ2) is 16.1. The number of hydrogen-bond acceptors (Lipinski definition) is 0. The second-order valence-electron chi connectivity index (χ2n) is 10.9. The van der Waals surface area contributed by atoms with Gasteiger partial charge in [0, 0.05) is 11.8 Å². The van der Waals surface area contributed by atoms with Gasteiger partial charge in [-0.3, -0.25) is 0 Å². The third-order valence-corrected chi connectivity index (χ3v) is 8.90. The Morgan fingerprint density at radius 2 is 1.12 bits per heavy atom. The van der Waals surface area contributed by atoms with Crippen LogP contribution in [0.3, 0.4) is 0 Å². The van der Waals surface area contributed by atoms with E-state index in [-0.39, 0.29) is 47.6 Å². The summed E-state index contributed by atoms with van der Waals surface area (Å²) in [5.74, 6) is 2.48. The largest absolute Gasteiger partial charge is 3.00 e. The van der Waals surface area contributed by atoms with Gasteiger partial charge in [0.15, 0.2) is 0 Å². The average Bonchev–Trinajstić information content (AvgIpc) is 3.65. The van der Waals surface area contributed by atoms with Gasteiger partial charge >= 0.3 is 32.7 Å². The van der Waals surface area contributed by atoms with Gasteiger partial charge in [-0.25, -0.2) is 18.1 Å². The van der Waals surface area contributed by atoms with Crippen molar-refractivity contribution in [2.24, 2.45) is 11.8 Å². The van der Waals surface area contributed by atoms with E-state index in [9.17, 15) is 0 Å². The molecule has 0 nitrogen and oxygen atoms in total. The van der Waals surface area contributed by atoms with E-state index in [4.69, 9.17) is 0 Å². The molecule has 2 aromatic rings. The Balaban J connectivity index is 0.00000110. The van der Waals surface area contributed by atoms with Crippen LogP contribution in [0.1, 0.15) is 126 Å². The first-order valence-electron chi connectivity index (χ1n) is 14.9. The third-order valence-electron chi connectivity index (χ3n) is 8.90. The molecule has 2 bridgehead atoms. The smallest absolute Gasteiger partial charge is 0.358 e. The molecule has 0 radical (unpaired) electrons. The van der Waals surface area contributed by atoms with Gasteiger partial charge in [-0.05, 0) is 76.5 Å². The molecule has 5 aliphatic rings. The van der Waals surface area contributed by atoms with Gasteiger partial charge in [-0.2, -0.15) is 0 Å². The minimum Gasteiger partial charge on any atom is -0.358 e. The van der Waals surface area contributed by atoms with Crippen molar-refractivity contribution in [2.45, 2.75) is 92.9 Å². The molecule has 0 amide bonds. The summed E-state index contributed by atoms with van der Waals surface area (Å²) < 4.78 is 0. The summed E-state index contributed by atoms with van der Waals surface area (Å²) in [7, 11) is 0. The fourth-order valence-corrected chi connectivity index (χ4v) is 6.50. The van der Waals surface area contributed by atoms with E-state index < -0.39 is 0 Å². The Morgan fingerprint density at radius 3 is 1.60 bits per heavy atom. The maximum Gasteiger partial charge on any atom is 3.00 e. The Bertz CT molecular complexity index is 1250. The molecular weight excluding hydrogens is 557 g/mol. The predicted octanol–water partition coefficient (Wildman–Crippen LogP) is 12.0. The van der Waals surface area contributed by atoms with Crippen LogP contribution in [-0.2, 0) is 32.7 Å². The number of hydrogen-bond donors (Lipinski definition) is 0. The second-order valence-corrected chi connectivity index (χ2v) is 10.9. The maximum absolute atomic E-state index is 2.55. The quantitative estimate of drug-likeness (QED) is 0.296. The summed E-state index contributed by atoms with van der Waals surface area (Å²) >= 11 is 0. The first-order valence-corrected chi connectivity index (χ1v) is 14.9. The molecule has 0 heterocycles. The van der Waals surface area contributed by atoms with Crippen LogP contribution < -0.4 is 0 Å². The minimum absolute atomic E-state index is 0. The molecule has 0 spiro atoms. The van der Waals surface area contributed by atoms with Crippen molar-refractivity contribution < 1.29 is 32.7 Å². The molecule has 2 aromatic carbocycles. The number of allylic oxidation sites excluding steroid dienone is 8. The zero-order valence-electron chi connectivity index (χ0n) is 27.1. The maximum atomic E-state index is 2.55. The predicted molar refractivity (Wildman–Crippen MR) is 177 cm³/mol. The van der Waals surface area contributed by atoms with Gasteiger partial charge in [0.1, 0.15) is 0 Å². The molecule has 0 fully saturated rings. The van der Waals surface area contributed by atoms with E-state index in [1.165, 1.54) is 40.7 Å². The molecule has 0 saturated heterocycles. The fourth-order valence-electron chi connectivity index (χ4n) is 6.50. The van der Waals surface area contributed by atoms with Crippen LogP contribution in [-0.4, -0.2) is 0 Å². The molecule has 5 aliphatic carbocycles. The van der Waals surface area contributed by atoms with Crippen molar-refractivity contribution in [3.8, 4) is 0 Å². The molecule has 0 saturated carbocycles. The fraction of sp³-hybridized carbons (Fsp3) is 0.410. The van der Waals surface area contributed by atoms with Crippen LogP contribution in [0.25, 0.3) is 11.1 Å². The van der Waals surface area contributed by atoms with Crippen LogP contribution in [0.15, 0.2) is 71.8 Å². The molecule has 0 aliphatic heterocycles. The van der Waals surface area contributed by atoms with Crippen LogP contribution in [0.5, 0.6) is 0 Å². The van der Waals surface area contributed by atoms with Crippen molar-refractivity contribution in [3.05, 3.63) is 127 Å². The molecule has 7 rings (SSSR count). The van der Waals surface area contributed by atoms with Crippen LogP contribution in [0.2, 0.25) is 0 Å². The zero-order valence-corrected chi connectivity index (χ0v) is 29.9. The Hall–Kier alpha value is -1.63. The van der Waals surface area contributed by atoms with Crippen LogP contribution >= 0.6 is 0 Å². The van der Waals surface area contributed by atoms with Crippen LogP contribution in [0, 0.1) is 33.1 Å². The van der Waals surface area contributed by atoms with Gasteiger partial charge in [0.2, 0.25) is 0 Å². The summed E-state index contributed by atoms with van der Waals surface area (Å²) in [6.07, 6.45) is 16.4. The molecule has 3 unspecified atom stereocenters. The van der Waals surface area contributed by atoms with Gasteiger partial charge < -0.3 is 14.9 Å². The average molecular weight is 611 g/mol. The minimum atomic E-state index is 0. The van der Waals surface area contributed by atoms with E-state index in [1.54, 1.807) is 27.8 Å². The molecule has 3 atom stereocenters. The molecular formula is C39H53Y. The standard InChI is InChI=1S/C33H35.2C2H6.2CH3.Y/c1-5-22-6-7-24(16-22)26-10-12-29-28-14-15-31(32(29)18-26)33-19-27(11-13-30(28)33)25-9-8-23(17-25)21(4)20(2)3;2*1-2;;;/h5-13,18-21,28,31H,14-17H2,1-4H3;2*1-2H3;2*1H3;/q-1;;;2*-1;+3. The monoisotopic (exact) mass is 610 g/mol. The number of rotatable bonds is 5. The number of benzene rings is 2. The zero-order chi connectivity index (χ0) is 26.7. The Morgan fingerprint density at radius 1 is 0.650 bits per heavy atom. The van der Waals surface area contributed by atoms with Gasteiger partial charge in [-0.1, -0.05) is 108 Å². The molecule has 40 heavy (non-hydrogen) atoms. The van der Waals surface area contributed by atoms with Crippen molar-refractivity contribution >= 4 is 11.1 Å². The Kier molecular flexibility index (Phi) is 14.7. The van der Waals surface area contributed by atoms with Crippen LogP contribution in [0.4, 0.5) is 0 Å². The van der Waals surface area contributed by atoms with Gasteiger partial charge in [-0.15, -0.1) is 13.0 Å². The first-order chi connectivity index (χ1) is 18.0. The summed E-state index contributed by atoms with van der Waals surface area (Å²) in [5.41, 5.74) is 15.2. The van der Waals surface area contributed by atoms with Crippen molar-refractivity contribution in [1.82, 2.24) is 0 Å². The van der Waals surface area contributed by atoms with E-state index in [1.807, 2.05) is 27.7 Å². The van der Waals surface area contributed by atoms with Crippen molar-refractivity contribution in [3.63, 3.8) is 0 Å². The SMILES string of the molecule is CC.CC.C[CH-]C1=CC=C(c2ccc3c(c2)C2CCC3c3ccc(C4=CC=C(C(C)C(C)C)C4)cc32)C1.[CH3-].[CH3-].[Y+3]. The summed E-state index contributed by atoms with van der Waals surface area (Å²) in [6, 6.07) is 14.7. The van der Waals surface area contributed by atoms with Gasteiger partial charge in [0.05, 0.1) is 0 Å². The van der Waals surface area contributed by atoms with E-state index in [0.29, 0.717) is 23.7 Å². The normalized spacial score (nSPS) is 19.7. The topological polar surface area (TPSA) is 0 Å². The molecule has 0 aromatic heterocycles. The van der Waals surface area contributed by atoms with E-state index in [0.717, 1.165) is 12.8 Å². The van der Waals surface area contributed by atoms with Crippen molar-refractivity contribution in [1.29, 1.82) is 0 Å². The molecule has 212 valence electrons. The summed E-state index contributed by atoms with van der Waals surface area (Å²) in [5, 5.41) is 0. The summed E-state index contributed by atoms with van der Waals surface area (Å²) in [6.45, 7) is 17.2. The number of fused-ring (bicyclic) bond motifs is 1. The molecule has 0 N–H and O–H groups in total. The van der Waals surface area contributed by atoms with E-state index >= 15 is 0 Å². The third kappa shape index (κ3) is 6.87. The van der Waals surface area contributed by atoms with E-state index in [2.05, 4.69) is 94.8 Å². The summed E-state index contributed by atoms with van der Waals surface area (Å²) in [4.78, 5) is 0. The first kappa shape index (κ1) is 36.4. The Labute approximate surface area is 273 Å².